The fourth-order valence-corrected chi connectivity index (χ4v) is 2.19. The summed E-state index contributed by atoms with van der Waals surface area (Å²) in [5, 5.41) is 0. The van der Waals surface area contributed by atoms with Crippen LogP contribution in [0.5, 0.6) is 0 Å². The van der Waals surface area contributed by atoms with Crippen molar-refractivity contribution in [3.8, 4) is 5.82 Å². The first-order valence-electron chi connectivity index (χ1n) is 6.75. The first-order chi connectivity index (χ1) is 11.1. The van der Waals surface area contributed by atoms with Crippen molar-refractivity contribution in [1.29, 1.82) is 0 Å². The van der Waals surface area contributed by atoms with Gasteiger partial charge in [-0.2, -0.15) is 0 Å². The van der Waals surface area contributed by atoms with Gasteiger partial charge in [-0.05, 0) is 24.3 Å². The van der Waals surface area contributed by atoms with Gasteiger partial charge in [0.15, 0.2) is 0 Å². The summed E-state index contributed by atoms with van der Waals surface area (Å²) in [5.41, 5.74) is -1.54. The van der Waals surface area contributed by atoms with Crippen molar-refractivity contribution >= 4 is 0 Å². The Labute approximate surface area is 129 Å². The van der Waals surface area contributed by atoms with Crippen molar-refractivity contribution in [2.75, 3.05) is 0 Å². The van der Waals surface area contributed by atoms with Gasteiger partial charge in [0, 0.05) is 24.0 Å². The highest BCUT2D eigenvalue weighted by molar-refractivity contribution is 5.23. The van der Waals surface area contributed by atoms with E-state index in [-0.39, 0.29) is 17.9 Å². The number of hydrogen-bond acceptors (Lipinski definition) is 3. The predicted octanol–water partition coefficient (Wildman–Crippen LogP) is 1.72. The number of pyridine rings is 1. The van der Waals surface area contributed by atoms with Crippen molar-refractivity contribution < 1.29 is 8.78 Å². The molecule has 7 heteroatoms. The molecular weight excluding hydrogens is 304 g/mol. The third-order valence-corrected chi connectivity index (χ3v) is 3.32. The Hall–Kier alpha value is -3.09. The average Bonchev–Trinajstić information content (AvgIpc) is 2.54. The topological polar surface area (TPSA) is 56.9 Å². The second kappa shape index (κ2) is 5.96. The maximum Gasteiger partial charge on any atom is 0.337 e. The third-order valence-electron chi connectivity index (χ3n) is 3.32. The van der Waals surface area contributed by atoms with Crippen LogP contribution in [0.25, 0.3) is 5.82 Å². The summed E-state index contributed by atoms with van der Waals surface area (Å²) < 4.78 is 29.4. The number of benzene rings is 1. The number of nitrogens with zero attached hydrogens (tertiary/aromatic N) is 3. The van der Waals surface area contributed by atoms with Gasteiger partial charge in [0.05, 0.1) is 6.54 Å². The smallest absolute Gasteiger partial charge is 0.295 e. The normalized spacial score (nSPS) is 10.7. The molecule has 0 atom stereocenters. The highest BCUT2D eigenvalue weighted by Gasteiger charge is 2.13. The largest absolute Gasteiger partial charge is 0.337 e. The Kier molecular flexibility index (Phi) is 3.84. The van der Waals surface area contributed by atoms with Crippen LogP contribution >= 0.6 is 0 Å². The molecule has 23 heavy (non-hydrogen) atoms. The molecule has 0 amide bonds. The van der Waals surface area contributed by atoms with Gasteiger partial charge < -0.3 is 0 Å². The molecule has 0 saturated heterocycles. The lowest BCUT2D eigenvalue weighted by Gasteiger charge is -2.10. The second-order valence-corrected chi connectivity index (χ2v) is 4.79. The van der Waals surface area contributed by atoms with Crippen molar-refractivity contribution in [2.24, 2.45) is 0 Å². The van der Waals surface area contributed by atoms with E-state index in [2.05, 4.69) is 4.98 Å². The Morgan fingerprint density at radius 3 is 2.35 bits per heavy atom. The third kappa shape index (κ3) is 2.80. The zero-order chi connectivity index (χ0) is 16.4. The van der Waals surface area contributed by atoms with Crippen LogP contribution in [0.2, 0.25) is 0 Å². The quantitative estimate of drug-likeness (QED) is 0.739. The van der Waals surface area contributed by atoms with E-state index in [1.165, 1.54) is 24.5 Å². The minimum atomic E-state index is -0.757. The molecule has 5 nitrogen and oxygen atoms in total. The predicted molar refractivity (Wildman–Crippen MR) is 79.6 cm³/mol. The summed E-state index contributed by atoms with van der Waals surface area (Å²) in [4.78, 5) is 28.4. The molecule has 3 rings (SSSR count). The molecule has 0 aliphatic carbocycles. The fraction of sp³-hybridized carbons (Fsp3) is 0.0625. The lowest BCUT2D eigenvalue weighted by molar-refractivity contribution is 0.536. The van der Waals surface area contributed by atoms with Crippen LogP contribution in [0.3, 0.4) is 0 Å². The van der Waals surface area contributed by atoms with Crippen LogP contribution in [-0.4, -0.2) is 14.1 Å². The van der Waals surface area contributed by atoms with Gasteiger partial charge in [-0.15, -0.1) is 0 Å². The molecule has 0 aliphatic heterocycles. The average molecular weight is 315 g/mol. The van der Waals surface area contributed by atoms with Crippen molar-refractivity contribution in [3.63, 3.8) is 0 Å². The molecular formula is C16H11F2N3O2. The minimum absolute atomic E-state index is 0.144. The Morgan fingerprint density at radius 2 is 1.70 bits per heavy atom. The maximum absolute atomic E-state index is 13.7. The van der Waals surface area contributed by atoms with Crippen molar-refractivity contribution in [2.45, 2.75) is 6.54 Å². The van der Waals surface area contributed by atoms with Gasteiger partial charge in [-0.3, -0.25) is 9.36 Å². The summed E-state index contributed by atoms with van der Waals surface area (Å²) in [6.07, 6.45) is 2.64. The first-order valence-corrected chi connectivity index (χ1v) is 6.75. The van der Waals surface area contributed by atoms with Crippen LogP contribution in [-0.2, 0) is 6.54 Å². The van der Waals surface area contributed by atoms with E-state index in [4.69, 9.17) is 0 Å². The Bertz CT molecular complexity index is 945. The summed E-state index contributed by atoms with van der Waals surface area (Å²) in [7, 11) is 0. The molecule has 3 aromatic rings. The van der Waals surface area contributed by atoms with Gasteiger partial charge in [0.1, 0.15) is 17.5 Å². The van der Waals surface area contributed by atoms with Gasteiger partial charge >= 0.3 is 5.69 Å². The monoisotopic (exact) mass is 315 g/mol. The van der Waals surface area contributed by atoms with E-state index in [9.17, 15) is 18.4 Å². The van der Waals surface area contributed by atoms with E-state index in [0.29, 0.717) is 0 Å². The highest BCUT2D eigenvalue weighted by atomic mass is 19.1. The molecule has 0 saturated carbocycles. The van der Waals surface area contributed by atoms with E-state index < -0.39 is 22.9 Å². The van der Waals surface area contributed by atoms with Gasteiger partial charge in [-0.1, -0.05) is 12.1 Å². The molecule has 0 radical (unpaired) electrons. The summed E-state index contributed by atoms with van der Waals surface area (Å²) in [6, 6.07) is 9.38. The van der Waals surface area contributed by atoms with Crippen molar-refractivity contribution in [1.82, 2.24) is 14.1 Å². The lowest BCUT2D eigenvalue weighted by atomic mass is 10.2. The number of halogens is 2. The minimum Gasteiger partial charge on any atom is -0.295 e. The molecule has 0 N–H and O–H groups in total. The van der Waals surface area contributed by atoms with E-state index in [0.717, 1.165) is 27.3 Å². The molecule has 0 fully saturated rings. The zero-order valence-corrected chi connectivity index (χ0v) is 11.8. The Morgan fingerprint density at radius 1 is 0.957 bits per heavy atom. The van der Waals surface area contributed by atoms with Crippen LogP contribution in [0, 0.1) is 11.6 Å². The van der Waals surface area contributed by atoms with Gasteiger partial charge in [0.2, 0.25) is 0 Å². The van der Waals surface area contributed by atoms with E-state index in [1.807, 2.05) is 0 Å². The molecule has 0 bridgehead atoms. The first kappa shape index (κ1) is 14.8. The van der Waals surface area contributed by atoms with Crippen LogP contribution in [0.4, 0.5) is 8.78 Å². The molecule has 2 heterocycles. The van der Waals surface area contributed by atoms with Gasteiger partial charge in [-0.25, -0.2) is 23.1 Å². The van der Waals surface area contributed by atoms with Crippen LogP contribution < -0.4 is 11.2 Å². The van der Waals surface area contributed by atoms with E-state index >= 15 is 0 Å². The summed E-state index contributed by atoms with van der Waals surface area (Å²) >= 11 is 0. The number of hydrogen-bond donors (Lipinski definition) is 0. The Balaban J connectivity index is 2.13. The zero-order valence-electron chi connectivity index (χ0n) is 11.8. The summed E-state index contributed by atoms with van der Waals surface area (Å²) in [6.45, 7) is -0.329. The van der Waals surface area contributed by atoms with Crippen LogP contribution in [0.15, 0.2) is 64.4 Å². The molecule has 1 aromatic carbocycles. The highest BCUT2D eigenvalue weighted by Crippen LogP contribution is 2.12. The fourth-order valence-electron chi connectivity index (χ4n) is 2.19. The van der Waals surface area contributed by atoms with Crippen molar-refractivity contribution in [3.05, 3.63) is 92.9 Å². The van der Waals surface area contributed by atoms with Gasteiger partial charge in [0.25, 0.3) is 5.56 Å². The summed E-state index contributed by atoms with van der Waals surface area (Å²) in [5.74, 6) is -1.37. The number of rotatable bonds is 3. The standard InChI is InChI=1S/C16H11F2N3O2/c17-12-4-3-5-13(18)11(12)10-20-9-7-15(22)21(16(20)23)14-6-1-2-8-19-14/h1-9H,10H2. The lowest BCUT2D eigenvalue weighted by Crippen LogP contribution is -2.38. The van der Waals surface area contributed by atoms with E-state index in [1.54, 1.807) is 12.1 Å². The SMILES string of the molecule is O=c1ccn(Cc2c(F)cccc2F)c(=O)n1-c1ccccn1. The molecule has 116 valence electrons. The molecule has 2 aromatic heterocycles. The number of aromatic nitrogens is 3. The second-order valence-electron chi connectivity index (χ2n) is 4.79. The van der Waals surface area contributed by atoms with Crippen LogP contribution in [0.1, 0.15) is 5.56 Å². The molecule has 0 unspecified atom stereocenters. The molecule has 0 aliphatic rings. The molecule has 0 spiro atoms. The maximum atomic E-state index is 13.7.